The van der Waals surface area contributed by atoms with Crippen molar-refractivity contribution < 1.29 is 4.74 Å². The molecule has 0 aromatic heterocycles. The largest absolute Gasteiger partial charge is 0.501 e. The summed E-state index contributed by atoms with van der Waals surface area (Å²) in [6.07, 6.45) is 0. The molecule has 0 heterocycles. The number of hydrogen-bond acceptors (Lipinski definition) is 1. The first-order valence-electron chi connectivity index (χ1n) is 2.05. The van der Waals surface area contributed by atoms with E-state index in [1.54, 1.807) is 7.11 Å². The second kappa shape index (κ2) is 3.08. The van der Waals surface area contributed by atoms with Crippen molar-refractivity contribution in [3.8, 4) is 0 Å². The molecule has 0 bridgehead atoms. The molecule has 0 aromatic rings. The fourth-order valence-electron chi connectivity index (χ4n) is 0.162. The number of halogens is 1. The van der Waals surface area contributed by atoms with Gasteiger partial charge in [-0.15, -0.1) is 0 Å². The monoisotopic (exact) mass is 164 g/mol. The van der Waals surface area contributed by atoms with E-state index in [2.05, 4.69) is 22.5 Å². The van der Waals surface area contributed by atoms with Crippen LogP contribution in [0.5, 0.6) is 0 Å². The van der Waals surface area contributed by atoms with Crippen LogP contribution in [-0.4, -0.2) is 11.9 Å². The lowest BCUT2D eigenvalue weighted by atomic mass is 10.4. The van der Waals surface area contributed by atoms with E-state index in [0.717, 1.165) is 5.76 Å². The van der Waals surface area contributed by atoms with E-state index in [1.165, 1.54) is 0 Å². The van der Waals surface area contributed by atoms with E-state index >= 15 is 0 Å². The van der Waals surface area contributed by atoms with Crippen LogP contribution in [0.15, 0.2) is 12.3 Å². The Balaban J connectivity index is 3.35. The highest BCUT2D eigenvalue weighted by Crippen LogP contribution is 2.07. The number of alkyl halides is 1. The van der Waals surface area contributed by atoms with Crippen molar-refractivity contribution in [3.05, 3.63) is 12.3 Å². The molecular weight excluding hydrogens is 156 g/mol. The van der Waals surface area contributed by atoms with Crippen LogP contribution in [0, 0.1) is 0 Å². The molecule has 0 aliphatic heterocycles. The second-order valence-corrected chi connectivity index (χ2v) is 2.66. The van der Waals surface area contributed by atoms with Crippen LogP contribution >= 0.6 is 15.9 Å². The lowest BCUT2D eigenvalue weighted by Crippen LogP contribution is -1.95. The maximum absolute atomic E-state index is 4.77. The van der Waals surface area contributed by atoms with E-state index in [-0.39, 0.29) is 4.83 Å². The molecule has 0 saturated heterocycles. The van der Waals surface area contributed by atoms with Gasteiger partial charge in [-0.1, -0.05) is 22.5 Å². The van der Waals surface area contributed by atoms with E-state index < -0.39 is 0 Å². The molecule has 0 aromatic carbocycles. The van der Waals surface area contributed by atoms with Crippen molar-refractivity contribution in [2.45, 2.75) is 11.8 Å². The van der Waals surface area contributed by atoms with E-state index in [4.69, 9.17) is 4.74 Å². The van der Waals surface area contributed by atoms with Gasteiger partial charge in [0.25, 0.3) is 0 Å². The molecule has 0 spiro atoms. The Morgan fingerprint density at radius 2 is 2.29 bits per heavy atom. The van der Waals surface area contributed by atoms with Crippen LogP contribution < -0.4 is 0 Å². The van der Waals surface area contributed by atoms with Gasteiger partial charge < -0.3 is 4.74 Å². The van der Waals surface area contributed by atoms with Gasteiger partial charge in [-0.3, -0.25) is 0 Å². The van der Waals surface area contributed by atoms with Gasteiger partial charge in [0.15, 0.2) is 0 Å². The van der Waals surface area contributed by atoms with Gasteiger partial charge in [0.05, 0.1) is 11.9 Å². The maximum Gasteiger partial charge on any atom is 0.102 e. The number of rotatable bonds is 2. The van der Waals surface area contributed by atoms with Crippen molar-refractivity contribution >= 4 is 15.9 Å². The second-order valence-electron chi connectivity index (χ2n) is 1.29. The SMILES string of the molecule is C=C(OC)C(C)Br. The Labute approximate surface area is 52.5 Å². The topological polar surface area (TPSA) is 9.23 Å². The van der Waals surface area contributed by atoms with E-state index in [1.807, 2.05) is 6.92 Å². The molecule has 0 N–H and O–H groups in total. The molecule has 0 aliphatic carbocycles. The van der Waals surface area contributed by atoms with Crippen molar-refractivity contribution in [3.63, 3.8) is 0 Å². The Kier molecular flexibility index (Phi) is 3.09. The zero-order chi connectivity index (χ0) is 5.86. The summed E-state index contributed by atoms with van der Waals surface area (Å²) >= 11 is 3.28. The standard InChI is InChI=1S/C5H9BrO/c1-4(6)5(2)7-3/h4H,2H2,1,3H3. The van der Waals surface area contributed by atoms with Crippen molar-refractivity contribution in [1.29, 1.82) is 0 Å². The van der Waals surface area contributed by atoms with E-state index in [0.29, 0.717) is 0 Å². The van der Waals surface area contributed by atoms with Crippen LogP contribution in [-0.2, 0) is 4.74 Å². The van der Waals surface area contributed by atoms with Gasteiger partial charge in [-0.05, 0) is 6.92 Å². The highest BCUT2D eigenvalue weighted by Gasteiger charge is 1.97. The van der Waals surface area contributed by atoms with E-state index in [9.17, 15) is 0 Å². The first-order valence-corrected chi connectivity index (χ1v) is 2.97. The third kappa shape index (κ3) is 2.68. The summed E-state index contributed by atoms with van der Waals surface area (Å²) in [6.45, 7) is 5.57. The zero-order valence-corrected chi connectivity index (χ0v) is 6.16. The molecule has 0 radical (unpaired) electrons. The van der Waals surface area contributed by atoms with Gasteiger partial charge in [0.2, 0.25) is 0 Å². The number of methoxy groups -OCH3 is 1. The molecule has 0 saturated carbocycles. The predicted octanol–water partition coefficient (Wildman–Crippen LogP) is 1.93. The lowest BCUT2D eigenvalue weighted by molar-refractivity contribution is 0.286. The van der Waals surface area contributed by atoms with Crippen molar-refractivity contribution in [2.75, 3.05) is 7.11 Å². The summed E-state index contributed by atoms with van der Waals surface area (Å²) in [4.78, 5) is 0.262. The summed E-state index contributed by atoms with van der Waals surface area (Å²) in [5, 5.41) is 0. The van der Waals surface area contributed by atoms with Gasteiger partial charge in [0.1, 0.15) is 5.76 Å². The van der Waals surface area contributed by atoms with Crippen LogP contribution in [0.25, 0.3) is 0 Å². The van der Waals surface area contributed by atoms with Crippen LogP contribution in [0.2, 0.25) is 0 Å². The summed E-state index contributed by atoms with van der Waals surface area (Å²) < 4.78 is 4.77. The predicted molar refractivity (Wildman–Crippen MR) is 34.5 cm³/mol. The molecule has 2 heteroatoms. The van der Waals surface area contributed by atoms with Gasteiger partial charge in [-0.25, -0.2) is 0 Å². The van der Waals surface area contributed by atoms with Crippen LogP contribution in [0.1, 0.15) is 6.92 Å². The highest BCUT2D eigenvalue weighted by atomic mass is 79.9. The minimum atomic E-state index is 0.262. The lowest BCUT2D eigenvalue weighted by Gasteiger charge is -2.03. The smallest absolute Gasteiger partial charge is 0.102 e. The summed E-state index contributed by atoms with van der Waals surface area (Å²) in [7, 11) is 1.61. The van der Waals surface area contributed by atoms with Crippen molar-refractivity contribution in [1.82, 2.24) is 0 Å². The summed E-state index contributed by atoms with van der Waals surface area (Å²) in [5.74, 6) is 0.764. The molecular formula is C5H9BrO. The molecule has 0 rings (SSSR count). The molecule has 42 valence electrons. The average molecular weight is 165 g/mol. The summed E-state index contributed by atoms with van der Waals surface area (Å²) in [6, 6.07) is 0. The normalized spacial score (nSPS) is 13.0. The molecule has 0 amide bonds. The Morgan fingerprint density at radius 1 is 1.86 bits per heavy atom. The molecule has 1 unspecified atom stereocenters. The maximum atomic E-state index is 4.77. The number of allylic oxidation sites excluding steroid dienone is 1. The van der Waals surface area contributed by atoms with Gasteiger partial charge in [0, 0.05) is 0 Å². The average Bonchev–Trinajstić information content (AvgIpc) is 1.65. The first-order chi connectivity index (χ1) is 3.18. The zero-order valence-electron chi connectivity index (χ0n) is 4.57. The molecule has 0 fully saturated rings. The third-order valence-corrected chi connectivity index (χ3v) is 1.22. The molecule has 1 nitrogen and oxygen atoms in total. The number of ether oxygens (including phenoxy) is 1. The van der Waals surface area contributed by atoms with Crippen molar-refractivity contribution in [2.24, 2.45) is 0 Å². The molecule has 7 heavy (non-hydrogen) atoms. The van der Waals surface area contributed by atoms with Gasteiger partial charge in [-0.2, -0.15) is 0 Å². The fourth-order valence-corrected chi connectivity index (χ4v) is 0.349. The minimum Gasteiger partial charge on any atom is -0.501 e. The number of hydrogen-bond donors (Lipinski definition) is 0. The highest BCUT2D eigenvalue weighted by molar-refractivity contribution is 9.09. The Bertz CT molecular complexity index is 68.5. The molecule has 0 aliphatic rings. The Hall–Kier alpha value is 0.0200. The minimum absolute atomic E-state index is 0.262. The fraction of sp³-hybridized carbons (Fsp3) is 0.600. The third-order valence-electron chi connectivity index (χ3n) is 0.706. The van der Waals surface area contributed by atoms with Gasteiger partial charge >= 0.3 is 0 Å². The quantitative estimate of drug-likeness (QED) is 0.448. The molecule has 1 atom stereocenters. The Morgan fingerprint density at radius 3 is 2.29 bits per heavy atom. The van der Waals surface area contributed by atoms with Crippen LogP contribution in [0.3, 0.4) is 0 Å². The van der Waals surface area contributed by atoms with Crippen LogP contribution in [0.4, 0.5) is 0 Å². The summed E-state index contributed by atoms with van der Waals surface area (Å²) in [5.41, 5.74) is 0. The first kappa shape index (κ1) is 7.02.